The number of hydrogen-bond acceptors (Lipinski definition) is 4. The van der Waals surface area contributed by atoms with Gasteiger partial charge in [-0.1, -0.05) is 0 Å². The van der Waals surface area contributed by atoms with Crippen molar-refractivity contribution in [3.8, 4) is 0 Å². The molecule has 2 aromatic rings. The molecule has 1 aliphatic heterocycles. The average molecular weight is 259 g/mol. The van der Waals surface area contributed by atoms with Crippen molar-refractivity contribution in [3.05, 3.63) is 45.9 Å². The van der Waals surface area contributed by atoms with Gasteiger partial charge in [0, 0.05) is 24.0 Å². The number of nitrogens with two attached hydrogens (primary N) is 1. The Bertz CT molecular complexity index is 530. The molecule has 3 rings (SSSR count). The molecule has 0 spiro atoms. The third-order valence-electron chi connectivity index (χ3n) is 3.41. The number of rotatable bonds is 2. The van der Waals surface area contributed by atoms with Gasteiger partial charge in [-0.05, 0) is 42.5 Å². The van der Waals surface area contributed by atoms with Gasteiger partial charge in [0.1, 0.15) is 0 Å². The van der Waals surface area contributed by atoms with Gasteiger partial charge in [-0.2, -0.15) is 0 Å². The lowest BCUT2D eigenvalue weighted by atomic mass is 10.1. The van der Waals surface area contributed by atoms with Crippen molar-refractivity contribution < 1.29 is 0 Å². The topological polar surface area (TPSA) is 42.1 Å². The molecule has 0 aromatic carbocycles. The predicted molar refractivity (Wildman–Crippen MR) is 75.9 cm³/mol. The summed E-state index contributed by atoms with van der Waals surface area (Å²) >= 11 is 1.87. The van der Waals surface area contributed by atoms with E-state index in [0.717, 1.165) is 25.2 Å². The van der Waals surface area contributed by atoms with Crippen molar-refractivity contribution in [1.82, 2.24) is 4.98 Å². The Morgan fingerprint density at radius 3 is 3.00 bits per heavy atom. The first-order valence-corrected chi connectivity index (χ1v) is 7.14. The number of thiophene rings is 1. The quantitative estimate of drug-likeness (QED) is 0.901. The minimum absolute atomic E-state index is 0.00359. The third kappa shape index (κ3) is 2.13. The van der Waals surface area contributed by atoms with Crippen molar-refractivity contribution in [2.24, 2.45) is 5.73 Å². The van der Waals surface area contributed by atoms with Gasteiger partial charge in [0.25, 0.3) is 0 Å². The highest BCUT2D eigenvalue weighted by atomic mass is 32.1. The zero-order valence-electron chi connectivity index (χ0n) is 10.5. The van der Waals surface area contributed by atoms with Crippen molar-refractivity contribution in [2.45, 2.75) is 25.9 Å². The molecule has 2 aromatic heterocycles. The largest absolute Gasteiger partial charge is 0.366 e. The van der Waals surface area contributed by atoms with Gasteiger partial charge >= 0.3 is 0 Å². The number of nitrogens with zero attached hydrogens (tertiary/aromatic N) is 2. The van der Waals surface area contributed by atoms with Crippen LogP contribution < -0.4 is 10.6 Å². The van der Waals surface area contributed by atoms with Crippen LogP contribution in [0.5, 0.6) is 0 Å². The molecule has 1 atom stereocenters. The van der Waals surface area contributed by atoms with E-state index in [2.05, 4.69) is 27.4 Å². The maximum atomic E-state index is 5.82. The lowest BCUT2D eigenvalue weighted by molar-refractivity contribution is 0.736. The second kappa shape index (κ2) is 4.71. The normalized spacial score (nSPS) is 16.4. The molecular formula is C14H17N3S. The number of aromatic nitrogens is 1. The number of fused-ring (bicyclic) bond motifs is 1. The molecule has 18 heavy (non-hydrogen) atoms. The Labute approximate surface area is 111 Å². The maximum absolute atomic E-state index is 5.82. The van der Waals surface area contributed by atoms with Crippen LogP contribution in [0.3, 0.4) is 0 Å². The summed E-state index contributed by atoms with van der Waals surface area (Å²) in [7, 11) is 0. The zero-order valence-corrected chi connectivity index (χ0v) is 11.3. The van der Waals surface area contributed by atoms with Crippen LogP contribution in [0.1, 0.15) is 29.1 Å². The molecule has 1 aliphatic rings. The van der Waals surface area contributed by atoms with E-state index in [1.54, 1.807) is 0 Å². The molecule has 3 nitrogen and oxygen atoms in total. The van der Waals surface area contributed by atoms with Crippen LogP contribution in [0, 0.1) is 0 Å². The molecule has 0 saturated heterocycles. The van der Waals surface area contributed by atoms with Crippen LogP contribution in [0.15, 0.2) is 29.8 Å². The summed E-state index contributed by atoms with van der Waals surface area (Å²) in [6, 6.07) is 6.39. The van der Waals surface area contributed by atoms with Gasteiger partial charge in [-0.3, -0.25) is 4.98 Å². The molecular weight excluding hydrogens is 242 g/mol. The van der Waals surface area contributed by atoms with Crippen molar-refractivity contribution >= 4 is 17.0 Å². The minimum Gasteiger partial charge on any atom is -0.366 e. The second-order valence-corrected chi connectivity index (χ2v) is 5.77. The highest BCUT2D eigenvalue weighted by Crippen LogP contribution is 2.27. The molecule has 2 N–H and O–H groups in total. The van der Waals surface area contributed by atoms with Crippen LogP contribution in [0.4, 0.5) is 5.69 Å². The van der Waals surface area contributed by atoms with Crippen molar-refractivity contribution in [2.75, 3.05) is 11.4 Å². The summed E-state index contributed by atoms with van der Waals surface area (Å²) in [4.78, 5) is 8.35. The van der Waals surface area contributed by atoms with Crippen molar-refractivity contribution in [1.29, 1.82) is 0 Å². The molecule has 0 radical (unpaired) electrons. The first-order valence-electron chi connectivity index (χ1n) is 6.26. The minimum atomic E-state index is 0.00359. The van der Waals surface area contributed by atoms with E-state index in [9.17, 15) is 0 Å². The molecule has 0 saturated carbocycles. The Morgan fingerprint density at radius 1 is 1.39 bits per heavy atom. The van der Waals surface area contributed by atoms with Crippen LogP contribution in [-0.2, 0) is 13.0 Å². The van der Waals surface area contributed by atoms with Gasteiger partial charge in [-0.25, -0.2) is 0 Å². The van der Waals surface area contributed by atoms with Crippen LogP contribution >= 0.6 is 11.3 Å². The maximum Gasteiger partial charge on any atom is 0.0569 e. The fourth-order valence-corrected chi connectivity index (χ4v) is 3.21. The molecule has 4 heteroatoms. The Balaban J connectivity index is 1.80. The van der Waals surface area contributed by atoms with Gasteiger partial charge in [-0.15, -0.1) is 11.3 Å². The molecule has 3 heterocycles. The van der Waals surface area contributed by atoms with E-state index < -0.39 is 0 Å². The lowest BCUT2D eigenvalue weighted by Crippen LogP contribution is -2.29. The van der Waals surface area contributed by atoms with E-state index >= 15 is 0 Å². The van der Waals surface area contributed by atoms with Crippen LogP contribution in [0.25, 0.3) is 0 Å². The van der Waals surface area contributed by atoms with Gasteiger partial charge < -0.3 is 10.6 Å². The lowest BCUT2D eigenvalue weighted by Gasteiger charge is -2.28. The van der Waals surface area contributed by atoms with Crippen LogP contribution in [-0.4, -0.2) is 11.5 Å². The number of pyridine rings is 1. The molecule has 0 fully saturated rings. The van der Waals surface area contributed by atoms with E-state index in [1.165, 1.54) is 16.1 Å². The summed E-state index contributed by atoms with van der Waals surface area (Å²) < 4.78 is 0. The smallest absolute Gasteiger partial charge is 0.0569 e. The average Bonchev–Trinajstić information content (AvgIpc) is 2.86. The number of anilines is 1. The van der Waals surface area contributed by atoms with E-state index in [4.69, 9.17) is 5.73 Å². The van der Waals surface area contributed by atoms with Crippen LogP contribution in [0.2, 0.25) is 0 Å². The first-order chi connectivity index (χ1) is 8.74. The molecule has 0 bridgehead atoms. The SMILES string of the molecule is C[C@@H](N)c1ccc(N2CCc3sccc3C2)cn1. The van der Waals surface area contributed by atoms with Gasteiger partial charge in [0.15, 0.2) is 0 Å². The monoisotopic (exact) mass is 259 g/mol. The first kappa shape index (κ1) is 11.7. The Hall–Kier alpha value is -1.39. The van der Waals surface area contributed by atoms with Gasteiger partial charge in [0.2, 0.25) is 0 Å². The molecule has 0 aliphatic carbocycles. The zero-order chi connectivity index (χ0) is 12.5. The summed E-state index contributed by atoms with van der Waals surface area (Å²) in [6.07, 6.45) is 3.08. The summed E-state index contributed by atoms with van der Waals surface area (Å²) in [6.45, 7) is 4.03. The fourth-order valence-electron chi connectivity index (χ4n) is 2.32. The molecule has 94 valence electrons. The van der Waals surface area contributed by atoms with Crippen molar-refractivity contribution in [3.63, 3.8) is 0 Å². The van der Waals surface area contributed by atoms with Gasteiger partial charge in [0.05, 0.1) is 17.6 Å². The summed E-state index contributed by atoms with van der Waals surface area (Å²) in [5.41, 5.74) is 9.42. The fraction of sp³-hybridized carbons (Fsp3) is 0.357. The second-order valence-electron chi connectivity index (χ2n) is 4.77. The highest BCUT2D eigenvalue weighted by Gasteiger charge is 2.17. The van der Waals surface area contributed by atoms with E-state index in [1.807, 2.05) is 30.5 Å². The Morgan fingerprint density at radius 2 is 2.28 bits per heavy atom. The number of hydrogen-bond donors (Lipinski definition) is 1. The van der Waals surface area contributed by atoms with E-state index in [-0.39, 0.29) is 6.04 Å². The third-order valence-corrected chi connectivity index (χ3v) is 4.43. The molecule has 0 amide bonds. The molecule has 0 unspecified atom stereocenters. The summed E-state index contributed by atoms with van der Waals surface area (Å²) in [5.74, 6) is 0. The highest BCUT2D eigenvalue weighted by molar-refractivity contribution is 7.10. The Kier molecular flexibility index (Phi) is 3.06. The predicted octanol–water partition coefficient (Wildman–Crippen LogP) is 2.73. The summed E-state index contributed by atoms with van der Waals surface area (Å²) in [5, 5.41) is 2.19. The standard InChI is InChI=1S/C14H17N3S/c1-10(15)13-3-2-12(8-16-13)17-6-4-14-11(9-17)5-7-18-14/h2-3,5,7-8,10H,4,6,9,15H2,1H3/t10-/m1/s1. The van der Waals surface area contributed by atoms with E-state index in [0.29, 0.717) is 0 Å².